The van der Waals surface area contributed by atoms with E-state index < -0.39 is 6.16 Å². The van der Waals surface area contributed by atoms with Crippen molar-refractivity contribution in [1.82, 2.24) is 0 Å². The lowest BCUT2D eigenvalue weighted by Gasteiger charge is -2.08. The van der Waals surface area contributed by atoms with Crippen molar-refractivity contribution < 1.29 is 14.3 Å². The fraction of sp³-hybridized carbons (Fsp3) is 0.300. The van der Waals surface area contributed by atoms with Gasteiger partial charge in [0.2, 0.25) is 0 Å². The van der Waals surface area contributed by atoms with Crippen LogP contribution >= 0.6 is 23.2 Å². The van der Waals surface area contributed by atoms with Gasteiger partial charge in [-0.15, -0.1) is 0 Å². The number of aryl methyl sites for hydroxylation is 1. The van der Waals surface area contributed by atoms with Gasteiger partial charge in [0.15, 0.2) is 5.75 Å². The van der Waals surface area contributed by atoms with Gasteiger partial charge in [-0.3, -0.25) is 0 Å². The molecule has 0 saturated carbocycles. The molecule has 0 amide bonds. The predicted molar refractivity (Wildman–Crippen MR) is 58.8 cm³/mol. The molecule has 15 heavy (non-hydrogen) atoms. The molecule has 1 aromatic rings. The Morgan fingerprint density at radius 1 is 1.33 bits per heavy atom. The van der Waals surface area contributed by atoms with E-state index in [2.05, 4.69) is 4.74 Å². The van der Waals surface area contributed by atoms with Crippen LogP contribution in [0, 0.1) is 6.92 Å². The van der Waals surface area contributed by atoms with Gasteiger partial charge in [-0.1, -0.05) is 23.2 Å². The smallest absolute Gasteiger partial charge is 0.434 e. The first-order chi connectivity index (χ1) is 7.04. The Morgan fingerprint density at radius 3 is 2.33 bits per heavy atom. The summed E-state index contributed by atoms with van der Waals surface area (Å²) in [7, 11) is 0. The molecule has 0 unspecified atom stereocenters. The van der Waals surface area contributed by atoms with E-state index in [1.54, 1.807) is 19.1 Å². The SMILES string of the molecule is CCOC(=O)Oc1c(Cl)cc(C)cc1Cl. The Labute approximate surface area is 97.9 Å². The Bertz CT molecular complexity index is 354. The predicted octanol–water partition coefficient (Wildman–Crippen LogP) is 3.84. The maximum Gasteiger partial charge on any atom is 0.513 e. The molecule has 0 heterocycles. The van der Waals surface area contributed by atoms with Gasteiger partial charge in [0.05, 0.1) is 16.7 Å². The third-order valence-corrected chi connectivity index (χ3v) is 2.15. The van der Waals surface area contributed by atoms with Gasteiger partial charge in [0.25, 0.3) is 0 Å². The molecule has 0 aliphatic rings. The Balaban J connectivity index is 2.90. The summed E-state index contributed by atoms with van der Waals surface area (Å²) in [6.45, 7) is 3.76. The largest absolute Gasteiger partial charge is 0.513 e. The maximum atomic E-state index is 11.0. The summed E-state index contributed by atoms with van der Waals surface area (Å²) < 4.78 is 9.45. The summed E-state index contributed by atoms with van der Waals surface area (Å²) in [4.78, 5) is 11.0. The topological polar surface area (TPSA) is 35.5 Å². The lowest BCUT2D eigenvalue weighted by molar-refractivity contribution is 0.104. The van der Waals surface area contributed by atoms with Crippen molar-refractivity contribution >= 4 is 29.4 Å². The lowest BCUT2D eigenvalue weighted by atomic mass is 10.2. The molecule has 0 bridgehead atoms. The monoisotopic (exact) mass is 248 g/mol. The zero-order valence-corrected chi connectivity index (χ0v) is 9.85. The van der Waals surface area contributed by atoms with Gasteiger partial charge in [-0.05, 0) is 31.5 Å². The van der Waals surface area contributed by atoms with Crippen LogP contribution in [0.4, 0.5) is 4.79 Å². The molecule has 3 nitrogen and oxygen atoms in total. The van der Waals surface area contributed by atoms with Crippen LogP contribution in [0.15, 0.2) is 12.1 Å². The Kier molecular flexibility index (Phi) is 4.24. The number of carbonyl (C=O) groups is 1. The van der Waals surface area contributed by atoms with Crippen molar-refractivity contribution in [2.24, 2.45) is 0 Å². The van der Waals surface area contributed by atoms with Crippen molar-refractivity contribution in [3.05, 3.63) is 27.7 Å². The zero-order chi connectivity index (χ0) is 11.4. The maximum absolute atomic E-state index is 11.0. The van der Waals surface area contributed by atoms with Gasteiger partial charge in [-0.25, -0.2) is 4.79 Å². The quantitative estimate of drug-likeness (QED) is 0.590. The van der Waals surface area contributed by atoms with Crippen molar-refractivity contribution in [2.75, 3.05) is 6.61 Å². The van der Waals surface area contributed by atoms with E-state index in [9.17, 15) is 4.79 Å². The minimum absolute atomic E-state index is 0.127. The van der Waals surface area contributed by atoms with Gasteiger partial charge >= 0.3 is 6.16 Å². The van der Waals surface area contributed by atoms with Crippen molar-refractivity contribution in [3.8, 4) is 5.75 Å². The molecule has 1 rings (SSSR count). The molecule has 5 heteroatoms. The zero-order valence-electron chi connectivity index (χ0n) is 8.34. The lowest BCUT2D eigenvalue weighted by Crippen LogP contribution is -2.10. The first-order valence-electron chi connectivity index (χ1n) is 4.34. The van der Waals surface area contributed by atoms with Crippen molar-refractivity contribution in [1.29, 1.82) is 0 Å². The molecule has 82 valence electrons. The summed E-state index contributed by atoms with van der Waals surface area (Å²) in [6.07, 6.45) is -0.815. The molecule has 0 atom stereocenters. The average Bonchev–Trinajstić information content (AvgIpc) is 2.11. The molecule has 0 spiro atoms. The van der Waals surface area contributed by atoms with E-state index in [-0.39, 0.29) is 22.4 Å². The van der Waals surface area contributed by atoms with Gasteiger partial charge in [0, 0.05) is 0 Å². The van der Waals surface area contributed by atoms with Gasteiger partial charge < -0.3 is 9.47 Å². The van der Waals surface area contributed by atoms with E-state index in [4.69, 9.17) is 27.9 Å². The fourth-order valence-corrected chi connectivity index (χ4v) is 1.69. The van der Waals surface area contributed by atoms with Crippen LogP contribution in [0.2, 0.25) is 10.0 Å². The minimum atomic E-state index is -0.815. The minimum Gasteiger partial charge on any atom is -0.434 e. The van der Waals surface area contributed by atoms with Crippen LogP contribution < -0.4 is 4.74 Å². The van der Waals surface area contributed by atoms with Gasteiger partial charge in [-0.2, -0.15) is 0 Å². The van der Waals surface area contributed by atoms with E-state index in [0.717, 1.165) is 5.56 Å². The summed E-state index contributed by atoms with van der Waals surface area (Å²) in [5.74, 6) is 0.127. The van der Waals surface area contributed by atoms with Crippen molar-refractivity contribution in [2.45, 2.75) is 13.8 Å². The molecular formula is C10H10Cl2O3. The second kappa shape index (κ2) is 5.24. The molecule has 0 aliphatic heterocycles. The highest BCUT2D eigenvalue weighted by Gasteiger charge is 2.13. The first kappa shape index (κ1) is 12.1. The third kappa shape index (κ3) is 3.29. The van der Waals surface area contributed by atoms with Crippen LogP contribution in [0.3, 0.4) is 0 Å². The highest BCUT2D eigenvalue weighted by molar-refractivity contribution is 6.37. The number of ether oxygens (including phenoxy) is 2. The van der Waals surface area contributed by atoms with Crippen LogP contribution in [0.25, 0.3) is 0 Å². The number of carbonyl (C=O) groups excluding carboxylic acids is 1. The van der Waals surface area contributed by atoms with E-state index in [1.165, 1.54) is 0 Å². The molecule has 1 aromatic carbocycles. The second-order valence-corrected chi connectivity index (χ2v) is 3.66. The first-order valence-corrected chi connectivity index (χ1v) is 5.10. The van der Waals surface area contributed by atoms with Crippen molar-refractivity contribution in [3.63, 3.8) is 0 Å². The Hall–Kier alpha value is -0.930. The average molecular weight is 249 g/mol. The third-order valence-electron chi connectivity index (χ3n) is 1.59. The summed E-state index contributed by atoms with van der Waals surface area (Å²) in [5.41, 5.74) is 0.890. The number of benzene rings is 1. The molecule has 0 saturated heterocycles. The highest BCUT2D eigenvalue weighted by Crippen LogP contribution is 2.34. The summed E-state index contributed by atoms with van der Waals surface area (Å²) in [6, 6.07) is 3.31. The van der Waals surface area contributed by atoms with Crippen LogP contribution in [-0.4, -0.2) is 12.8 Å². The van der Waals surface area contributed by atoms with Crippen LogP contribution in [0.1, 0.15) is 12.5 Å². The van der Waals surface area contributed by atoms with Crippen LogP contribution in [-0.2, 0) is 4.74 Å². The number of hydrogen-bond acceptors (Lipinski definition) is 3. The number of halogens is 2. The fourth-order valence-electron chi connectivity index (χ4n) is 1.01. The number of hydrogen-bond donors (Lipinski definition) is 0. The molecule has 0 N–H and O–H groups in total. The molecule has 0 radical (unpaired) electrons. The molecule has 0 aliphatic carbocycles. The molecule has 0 fully saturated rings. The summed E-state index contributed by atoms with van der Waals surface area (Å²) in [5, 5.41) is 0.570. The summed E-state index contributed by atoms with van der Waals surface area (Å²) >= 11 is 11.7. The van der Waals surface area contributed by atoms with Gasteiger partial charge in [0.1, 0.15) is 0 Å². The Morgan fingerprint density at radius 2 is 1.87 bits per heavy atom. The van der Waals surface area contributed by atoms with E-state index >= 15 is 0 Å². The standard InChI is InChI=1S/C10H10Cl2O3/c1-3-14-10(13)15-9-7(11)4-6(2)5-8(9)12/h4-5H,3H2,1-2H3. The van der Waals surface area contributed by atoms with E-state index in [1.807, 2.05) is 6.92 Å². The van der Waals surface area contributed by atoms with E-state index in [0.29, 0.717) is 0 Å². The normalized spacial score (nSPS) is 9.87. The highest BCUT2D eigenvalue weighted by atomic mass is 35.5. The molecule has 0 aromatic heterocycles. The number of rotatable bonds is 2. The van der Waals surface area contributed by atoms with Crippen LogP contribution in [0.5, 0.6) is 5.75 Å². The molecular weight excluding hydrogens is 239 g/mol. The second-order valence-electron chi connectivity index (χ2n) is 2.84.